The van der Waals surface area contributed by atoms with Gasteiger partial charge in [0.15, 0.2) is 0 Å². The van der Waals surface area contributed by atoms with Crippen LogP contribution in [0.15, 0.2) is 36.4 Å². The van der Waals surface area contributed by atoms with Gasteiger partial charge < -0.3 is 10.4 Å². The van der Waals surface area contributed by atoms with Crippen molar-refractivity contribution in [3.8, 4) is 0 Å². The van der Waals surface area contributed by atoms with Gasteiger partial charge in [-0.3, -0.25) is 4.79 Å². The maximum atomic E-state index is 13.8. The van der Waals surface area contributed by atoms with Crippen LogP contribution in [0.5, 0.6) is 0 Å². The molecular formula is C16H16FNO2. The van der Waals surface area contributed by atoms with Gasteiger partial charge in [0.1, 0.15) is 5.82 Å². The third-order valence-corrected chi connectivity index (χ3v) is 3.19. The van der Waals surface area contributed by atoms with Crippen molar-refractivity contribution in [2.75, 3.05) is 5.32 Å². The van der Waals surface area contributed by atoms with Gasteiger partial charge in [0.25, 0.3) is 0 Å². The van der Waals surface area contributed by atoms with Crippen molar-refractivity contribution in [2.45, 2.75) is 20.3 Å². The van der Waals surface area contributed by atoms with E-state index in [1.165, 1.54) is 6.07 Å². The molecule has 3 nitrogen and oxygen atoms in total. The number of rotatable bonds is 4. The van der Waals surface area contributed by atoms with Crippen molar-refractivity contribution < 1.29 is 14.3 Å². The van der Waals surface area contributed by atoms with Crippen LogP contribution < -0.4 is 5.32 Å². The van der Waals surface area contributed by atoms with Gasteiger partial charge in [-0.1, -0.05) is 24.3 Å². The van der Waals surface area contributed by atoms with Gasteiger partial charge in [-0.05, 0) is 37.1 Å². The van der Waals surface area contributed by atoms with Crippen molar-refractivity contribution in [2.24, 2.45) is 0 Å². The second kappa shape index (κ2) is 5.74. The Kier molecular flexibility index (Phi) is 4.03. The zero-order valence-electron chi connectivity index (χ0n) is 11.4. The average Bonchev–Trinajstić information content (AvgIpc) is 2.37. The summed E-state index contributed by atoms with van der Waals surface area (Å²) < 4.78 is 13.8. The third-order valence-electron chi connectivity index (χ3n) is 3.19. The van der Waals surface area contributed by atoms with Crippen LogP contribution in [0.2, 0.25) is 0 Å². The van der Waals surface area contributed by atoms with E-state index < -0.39 is 11.8 Å². The first-order valence-corrected chi connectivity index (χ1v) is 6.31. The van der Waals surface area contributed by atoms with E-state index in [0.29, 0.717) is 5.69 Å². The number of carboxylic acids is 1. The van der Waals surface area contributed by atoms with Gasteiger partial charge in [0.05, 0.1) is 6.42 Å². The number of para-hydroxylation sites is 1. The Morgan fingerprint density at radius 3 is 2.35 bits per heavy atom. The zero-order valence-corrected chi connectivity index (χ0v) is 11.4. The Balaban J connectivity index is 2.43. The maximum Gasteiger partial charge on any atom is 0.308 e. The van der Waals surface area contributed by atoms with Crippen LogP contribution in [-0.2, 0) is 11.2 Å². The topological polar surface area (TPSA) is 49.3 Å². The Bertz CT molecular complexity index is 633. The first-order valence-electron chi connectivity index (χ1n) is 6.31. The molecule has 0 aromatic heterocycles. The predicted molar refractivity (Wildman–Crippen MR) is 76.9 cm³/mol. The van der Waals surface area contributed by atoms with Gasteiger partial charge in [-0.25, -0.2) is 4.39 Å². The van der Waals surface area contributed by atoms with E-state index in [4.69, 9.17) is 5.11 Å². The number of nitrogens with one attached hydrogen (secondary N) is 1. The molecule has 0 bridgehead atoms. The Labute approximate surface area is 117 Å². The molecule has 2 aromatic carbocycles. The molecule has 20 heavy (non-hydrogen) atoms. The molecule has 0 amide bonds. The minimum atomic E-state index is -1.06. The first-order chi connectivity index (χ1) is 9.49. The summed E-state index contributed by atoms with van der Waals surface area (Å²) in [7, 11) is 0. The van der Waals surface area contributed by atoms with Crippen molar-refractivity contribution in [3.05, 3.63) is 58.9 Å². The number of anilines is 2. The first kappa shape index (κ1) is 14.1. The van der Waals surface area contributed by atoms with Crippen molar-refractivity contribution in [1.29, 1.82) is 0 Å². The molecule has 0 unspecified atom stereocenters. The van der Waals surface area contributed by atoms with E-state index >= 15 is 0 Å². The fourth-order valence-corrected chi connectivity index (χ4v) is 2.15. The highest BCUT2D eigenvalue weighted by Crippen LogP contribution is 2.28. The summed E-state index contributed by atoms with van der Waals surface area (Å²) >= 11 is 0. The Morgan fingerprint density at radius 2 is 1.75 bits per heavy atom. The van der Waals surface area contributed by atoms with Gasteiger partial charge in [-0.2, -0.15) is 0 Å². The fourth-order valence-electron chi connectivity index (χ4n) is 2.15. The average molecular weight is 273 g/mol. The molecule has 0 aliphatic rings. The second-order valence-electron chi connectivity index (χ2n) is 4.73. The molecular weight excluding hydrogens is 257 g/mol. The van der Waals surface area contributed by atoms with Crippen LogP contribution in [0.4, 0.5) is 15.8 Å². The lowest BCUT2D eigenvalue weighted by atomic mass is 10.1. The smallest absolute Gasteiger partial charge is 0.308 e. The molecule has 0 saturated carbocycles. The summed E-state index contributed by atoms with van der Waals surface area (Å²) in [4.78, 5) is 10.9. The lowest BCUT2D eigenvalue weighted by Crippen LogP contribution is -2.07. The minimum Gasteiger partial charge on any atom is -0.481 e. The summed E-state index contributed by atoms with van der Waals surface area (Å²) in [6.07, 6.45) is -0.347. The summed E-state index contributed by atoms with van der Waals surface area (Å²) in [5.41, 5.74) is 3.59. The van der Waals surface area contributed by atoms with Crippen LogP contribution >= 0.6 is 0 Å². The molecule has 0 atom stereocenters. The number of carbonyl (C=O) groups is 1. The molecule has 2 aromatic rings. The van der Waals surface area contributed by atoms with E-state index in [1.807, 2.05) is 32.0 Å². The summed E-state index contributed by atoms with van der Waals surface area (Å²) in [5, 5.41) is 12.0. The quantitative estimate of drug-likeness (QED) is 0.890. The van der Waals surface area contributed by atoms with Crippen LogP contribution in [0.1, 0.15) is 16.7 Å². The highest BCUT2D eigenvalue weighted by atomic mass is 19.1. The minimum absolute atomic E-state index is 0.169. The number of halogens is 1. The largest absolute Gasteiger partial charge is 0.481 e. The molecule has 0 aliphatic carbocycles. The molecule has 0 spiro atoms. The van der Waals surface area contributed by atoms with Crippen LogP contribution in [0.3, 0.4) is 0 Å². The van der Waals surface area contributed by atoms with Crippen LogP contribution in [0, 0.1) is 19.7 Å². The lowest BCUT2D eigenvalue weighted by Gasteiger charge is -2.15. The van der Waals surface area contributed by atoms with E-state index in [9.17, 15) is 9.18 Å². The van der Waals surface area contributed by atoms with Crippen molar-refractivity contribution in [3.63, 3.8) is 0 Å². The summed E-state index contributed by atoms with van der Waals surface area (Å²) in [5.74, 6) is -1.57. The van der Waals surface area contributed by atoms with Gasteiger partial charge in [0.2, 0.25) is 0 Å². The van der Waals surface area contributed by atoms with Crippen LogP contribution in [-0.4, -0.2) is 11.1 Å². The SMILES string of the molecule is Cc1cccc(C)c1Nc1cccc(F)c1CC(=O)O. The molecule has 0 heterocycles. The fraction of sp³-hybridized carbons (Fsp3) is 0.188. The number of hydrogen-bond acceptors (Lipinski definition) is 2. The standard InChI is InChI=1S/C16H16FNO2/c1-10-5-3-6-11(2)16(10)18-14-8-4-7-13(17)12(14)9-15(19)20/h3-8,18H,9H2,1-2H3,(H,19,20). The molecule has 2 N–H and O–H groups in total. The van der Waals surface area contributed by atoms with Gasteiger partial charge >= 0.3 is 5.97 Å². The van der Waals surface area contributed by atoms with E-state index in [-0.39, 0.29) is 12.0 Å². The molecule has 0 radical (unpaired) electrons. The highest BCUT2D eigenvalue weighted by molar-refractivity contribution is 5.76. The predicted octanol–water partition coefficient (Wildman–Crippen LogP) is 3.81. The Morgan fingerprint density at radius 1 is 1.15 bits per heavy atom. The molecule has 2 rings (SSSR count). The van der Waals surface area contributed by atoms with Crippen molar-refractivity contribution in [1.82, 2.24) is 0 Å². The second-order valence-corrected chi connectivity index (χ2v) is 4.73. The van der Waals surface area contributed by atoms with Crippen LogP contribution in [0.25, 0.3) is 0 Å². The molecule has 104 valence electrons. The van der Waals surface area contributed by atoms with E-state index in [0.717, 1.165) is 16.8 Å². The molecule has 0 aliphatic heterocycles. The lowest BCUT2D eigenvalue weighted by molar-refractivity contribution is -0.136. The van der Waals surface area contributed by atoms with E-state index in [2.05, 4.69) is 5.32 Å². The number of aryl methyl sites for hydroxylation is 2. The summed E-state index contributed by atoms with van der Waals surface area (Å²) in [6.45, 7) is 3.90. The van der Waals surface area contributed by atoms with Gasteiger partial charge in [-0.15, -0.1) is 0 Å². The number of benzene rings is 2. The normalized spacial score (nSPS) is 10.3. The molecule has 0 saturated heterocycles. The van der Waals surface area contributed by atoms with Crippen molar-refractivity contribution >= 4 is 17.3 Å². The monoisotopic (exact) mass is 273 g/mol. The summed E-state index contributed by atoms with van der Waals surface area (Å²) in [6, 6.07) is 10.4. The molecule has 4 heteroatoms. The number of aliphatic carboxylic acids is 1. The molecule has 0 fully saturated rings. The number of hydrogen-bond donors (Lipinski definition) is 2. The maximum absolute atomic E-state index is 13.8. The highest BCUT2D eigenvalue weighted by Gasteiger charge is 2.13. The third kappa shape index (κ3) is 2.96. The zero-order chi connectivity index (χ0) is 14.7. The van der Waals surface area contributed by atoms with E-state index in [1.54, 1.807) is 12.1 Å². The Hall–Kier alpha value is -2.36. The number of carboxylic acid groups (broad SMARTS) is 1. The van der Waals surface area contributed by atoms with Gasteiger partial charge in [0, 0.05) is 16.9 Å².